The second-order valence-electron chi connectivity index (χ2n) is 1.23. The smallest absolute Gasteiger partial charge is 0.222 e. The lowest BCUT2D eigenvalue weighted by atomic mass is 10.4. The van der Waals surface area contributed by atoms with Gasteiger partial charge in [-0.15, -0.1) is 0 Å². The Balaban J connectivity index is 3.45. The van der Waals surface area contributed by atoms with Crippen LogP contribution < -0.4 is 0 Å². The van der Waals surface area contributed by atoms with Gasteiger partial charge in [-0.05, 0) is 13.0 Å². The van der Waals surface area contributed by atoms with Crippen molar-refractivity contribution >= 4 is 0 Å². The van der Waals surface area contributed by atoms with E-state index in [4.69, 9.17) is 5.11 Å². The van der Waals surface area contributed by atoms with E-state index < -0.39 is 5.85 Å². The van der Waals surface area contributed by atoms with Crippen LogP contribution in [0, 0.1) is 0 Å². The van der Waals surface area contributed by atoms with Crippen molar-refractivity contribution in [1.29, 1.82) is 0 Å². The van der Waals surface area contributed by atoms with Gasteiger partial charge >= 0.3 is 0 Å². The summed E-state index contributed by atoms with van der Waals surface area (Å²) in [5.74, 6) is -2.19. The summed E-state index contributed by atoms with van der Waals surface area (Å²) in [6.07, 6.45) is 0.826. The number of aliphatic hydroxyl groups is 1. The van der Waals surface area contributed by atoms with Crippen LogP contribution in [0.4, 0.5) is 4.39 Å². The van der Waals surface area contributed by atoms with Crippen molar-refractivity contribution in [2.75, 3.05) is 0 Å². The molecular weight excluding hydrogens is 83.0 g/mol. The van der Waals surface area contributed by atoms with Crippen LogP contribution in [-0.2, 0) is 0 Å². The van der Waals surface area contributed by atoms with Crippen molar-refractivity contribution in [1.82, 2.24) is 0 Å². The minimum absolute atomic E-state index is 0.826. The molecule has 0 aromatic carbocycles. The van der Waals surface area contributed by atoms with E-state index in [1.807, 2.05) is 0 Å². The van der Waals surface area contributed by atoms with E-state index in [2.05, 4.69) is 6.58 Å². The van der Waals surface area contributed by atoms with Crippen LogP contribution in [0.3, 0.4) is 0 Å². The predicted molar refractivity (Wildman–Crippen MR) is 21.9 cm³/mol. The maximum Gasteiger partial charge on any atom is 0.222 e. The van der Waals surface area contributed by atoms with Crippen molar-refractivity contribution in [3.05, 3.63) is 12.7 Å². The fourth-order valence-corrected chi connectivity index (χ4v) is 0. The number of alkyl halides is 1. The summed E-state index contributed by atoms with van der Waals surface area (Å²) in [5, 5.41) is 8.04. The first-order valence-corrected chi connectivity index (χ1v) is 1.61. The molecule has 1 unspecified atom stereocenters. The van der Waals surface area contributed by atoms with Gasteiger partial charge in [-0.1, -0.05) is 6.58 Å². The molecule has 0 aromatic heterocycles. The normalized spacial score (nSPS) is 19.2. The molecule has 2 heteroatoms. The molecule has 0 rings (SSSR count). The molecule has 0 spiro atoms. The average molecular weight is 90.1 g/mol. The summed E-state index contributed by atoms with van der Waals surface area (Å²) in [5.41, 5.74) is 0. The maximum atomic E-state index is 11.6. The monoisotopic (exact) mass is 90.0 g/mol. The first kappa shape index (κ1) is 5.63. The molecule has 0 aromatic rings. The Morgan fingerprint density at radius 2 is 2.17 bits per heavy atom. The van der Waals surface area contributed by atoms with Gasteiger partial charge in [0, 0.05) is 0 Å². The van der Waals surface area contributed by atoms with Gasteiger partial charge in [-0.25, -0.2) is 4.39 Å². The van der Waals surface area contributed by atoms with Gasteiger partial charge in [0.15, 0.2) is 0 Å². The highest BCUT2D eigenvalue weighted by Crippen LogP contribution is 2.02. The molecule has 0 amide bonds. The highest BCUT2D eigenvalue weighted by atomic mass is 19.2. The van der Waals surface area contributed by atoms with E-state index in [1.165, 1.54) is 0 Å². The molecule has 1 nitrogen and oxygen atoms in total. The molecule has 1 N–H and O–H groups in total. The van der Waals surface area contributed by atoms with E-state index >= 15 is 0 Å². The Morgan fingerprint density at radius 1 is 2.00 bits per heavy atom. The third kappa shape index (κ3) is 3.63. The summed E-state index contributed by atoms with van der Waals surface area (Å²) in [6, 6.07) is 0. The summed E-state index contributed by atoms with van der Waals surface area (Å²) in [7, 11) is 0. The molecule has 6 heavy (non-hydrogen) atoms. The van der Waals surface area contributed by atoms with Crippen molar-refractivity contribution in [2.45, 2.75) is 12.8 Å². The molecular formula is C4H7FO. The third-order valence-corrected chi connectivity index (χ3v) is 0.373. The molecule has 0 radical (unpaired) electrons. The van der Waals surface area contributed by atoms with Gasteiger partial charge in [-0.3, -0.25) is 0 Å². The van der Waals surface area contributed by atoms with E-state index in [0.29, 0.717) is 0 Å². The van der Waals surface area contributed by atoms with Crippen LogP contribution >= 0.6 is 0 Å². The lowest BCUT2D eigenvalue weighted by Gasteiger charge is -2.01. The number of hydrogen-bond donors (Lipinski definition) is 1. The van der Waals surface area contributed by atoms with Gasteiger partial charge < -0.3 is 5.11 Å². The van der Waals surface area contributed by atoms with E-state index in [-0.39, 0.29) is 0 Å². The fourth-order valence-electron chi connectivity index (χ4n) is 0. The largest absolute Gasteiger partial charge is 0.359 e. The van der Waals surface area contributed by atoms with E-state index in [9.17, 15) is 4.39 Å². The Kier molecular flexibility index (Phi) is 1.30. The molecule has 0 saturated carbocycles. The highest BCUT2D eigenvalue weighted by Gasteiger charge is 2.08. The van der Waals surface area contributed by atoms with Crippen molar-refractivity contribution in [3.8, 4) is 0 Å². The zero-order valence-electron chi connectivity index (χ0n) is 3.61. The second-order valence-corrected chi connectivity index (χ2v) is 1.23. The molecule has 0 aliphatic rings. The van der Waals surface area contributed by atoms with Gasteiger partial charge in [0.1, 0.15) is 0 Å². The fraction of sp³-hybridized carbons (Fsp3) is 0.500. The van der Waals surface area contributed by atoms with E-state index in [0.717, 1.165) is 13.0 Å². The molecule has 36 valence electrons. The van der Waals surface area contributed by atoms with Crippen LogP contribution in [0.5, 0.6) is 0 Å². The van der Waals surface area contributed by atoms with Crippen LogP contribution in [0.25, 0.3) is 0 Å². The lowest BCUT2D eigenvalue weighted by Crippen LogP contribution is -2.09. The second kappa shape index (κ2) is 1.39. The van der Waals surface area contributed by atoms with E-state index in [1.54, 1.807) is 0 Å². The Bertz CT molecular complexity index is 53.1. The van der Waals surface area contributed by atoms with Crippen LogP contribution in [0.2, 0.25) is 0 Å². The third-order valence-electron chi connectivity index (χ3n) is 0.373. The van der Waals surface area contributed by atoms with Gasteiger partial charge in [0.2, 0.25) is 5.85 Å². The van der Waals surface area contributed by atoms with Crippen molar-refractivity contribution in [3.63, 3.8) is 0 Å². The quantitative estimate of drug-likeness (QED) is 0.473. The topological polar surface area (TPSA) is 20.2 Å². The molecule has 0 fully saturated rings. The molecule has 0 saturated heterocycles. The standard InChI is InChI=1S/C4H7FO/c1-3-4(2,5)6/h3,6H,1H2,2H3. The van der Waals surface area contributed by atoms with Gasteiger partial charge in [-0.2, -0.15) is 0 Å². The SMILES string of the molecule is C=CC(C)(O)F. The summed E-state index contributed by atoms with van der Waals surface area (Å²) >= 11 is 0. The van der Waals surface area contributed by atoms with Gasteiger partial charge in [0.05, 0.1) is 0 Å². The molecule has 0 heterocycles. The summed E-state index contributed by atoms with van der Waals surface area (Å²) in [6.45, 7) is 4.02. The average Bonchev–Trinajstić information content (AvgIpc) is 1.35. The first-order valence-electron chi connectivity index (χ1n) is 1.61. The zero-order valence-corrected chi connectivity index (χ0v) is 3.61. The predicted octanol–water partition coefficient (Wildman–Crippen LogP) is 0.850. The van der Waals surface area contributed by atoms with Crippen molar-refractivity contribution < 1.29 is 9.50 Å². The minimum atomic E-state index is -2.19. The lowest BCUT2D eigenvalue weighted by molar-refractivity contribution is -0.0220. The van der Waals surface area contributed by atoms with Crippen LogP contribution in [-0.4, -0.2) is 11.0 Å². The molecule has 0 bridgehead atoms. The summed E-state index contributed by atoms with van der Waals surface area (Å²) in [4.78, 5) is 0. The highest BCUT2D eigenvalue weighted by molar-refractivity contribution is 4.80. The Labute approximate surface area is 36.1 Å². The molecule has 0 aliphatic heterocycles. The minimum Gasteiger partial charge on any atom is -0.359 e. The van der Waals surface area contributed by atoms with Gasteiger partial charge in [0.25, 0.3) is 0 Å². The van der Waals surface area contributed by atoms with Crippen LogP contribution in [0.15, 0.2) is 12.7 Å². The Morgan fingerprint density at radius 3 is 2.17 bits per heavy atom. The number of hydrogen-bond acceptors (Lipinski definition) is 1. The summed E-state index contributed by atoms with van der Waals surface area (Å²) < 4.78 is 11.6. The zero-order chi connectivity index (χ0) is 5.21. The molecule has 0 aliphatic carbocycles. The van der Waals surface area contributed by atoms with Crippen LogP contribution in [0.1, 0.15) is 6.92 Å². The Hall–Kier alpha value is -0.370. The maximum absolute atomic E-state index is 11.6. The van der Waals surface area contributed by atoms with Crippen molar-refractivity contribution in [2.24, 2.45) is 0 Å². The first-order chi connectivity index (χ1) is 2.56. The number of rotatable bonds is 1. The number of halogens is 1. The molecule has 1 atom stereocenters.